The smallest absolute Gasteiger partial charge is 0.329 e. The summed E-state index contributed by atoms with van der Waals surface area (Å²) in [6.07, 6.45) is 1.55. The van der Waals surface area contributed by atoms with Gasteiger partial charge in [0.2, 0.25) is 17.7 Å². The Bertz CT molecular complexity index is 640. The normalized spacial score (nSPS) is 10.8. The first kappa shape index (κ1) is 14.6. The zero-order valence-electron chi connectivity index (χ0n) is 11.6. The second-order valence-corrected chi connectivity index (χ2v) is 4.60. The van der Waals surface area contributed by atoms with Gasteiger partial charge in [0.05, 0.1) is 4.92 Å². The van der Waals surface area contributed by atoms with Crippen LogP contribution >= 0.6 is 0 Å². The average molecular weight is 293 g/mol. The summed E-state index contributed by atoms with van der Waals surface area (Å²) in [7, 11) is 0. The third-order valence-corrected chi connectivity index (χ3v) is 2.62. The molecule has 0 spiro atoms. The molecule has 0 aromatic carbocycles. The molecule has 0 aliphatic rings. The van der Waals surface area contributed by atoms with Crippen LogP contribution in [0.25, 0.3) is 0 Å². The van der Waals surface area contributed by atoms with E-state index in [-0.39, 0.29) is 23.4 Å². The molecule has 2 aromatic heterocycles. The van der Waals surface area contributed by atoms with Crippen LogP contribution in [-0.2, 0) is 6.42 Å². The maximum atomic E-state index is 10.6. The van der Waals surface area contributed by atoms with E-state index in [2.05, 4.69) is 25.4 Å². The van der Waals surface area contributed by atoms with Crippen molar-refractivity contribution < 1.29 is 9.45 Å². The molecule has 0 aliphatic heterocycles. The summed E-state index contributed by atoms with van der Waals surface area (Å²) >= 11 is 0. The van der Waals surface area contributed by atoms with Gasteiger partial charge in [0.15, 0.2) is 5.82 Å². The quantitative estimate of drug-likeness (QED) is 0.590. The van der Waals surface area contributed by atoms with Crippen LogP contribution in [0.3, 0.4) is 0 Å². The van der Waals surface area contributed by atoms with Gasteiger partial charge in [-0.25, -0.2) is 4.98 Å². The van der Waals surface area contributed by atoms with Crippen LogP contribution in [0, 0.1) is 10.1 Å². The van der Waals surface area contributed by atoms with Crippen LogP contribution in [-0.4, -0.2) is 31.6 Å². The fourth-order valence-electron chi connectivity index (χ4n) is 1.50. The Hall–Kier alpha value is -2.78. The van der Waals surface area contributed by atoms with E-state index >= 15 is 0 Å². The maximum Gasteiger partial charge on any atom is 0.329 e. The van der Waals surface area contributed by atoms with E-state index in [4.69, 9.17) is 10.3 Å². The van der Waals surface area contributed by atoms with Crippen molar-refractivity contribution in [1.82, 2.24) is 20.1 Å². The highest BCUT2D eigenvalue weighted by Gasteiger charge is 2.14. The lowest BCUT2D eigenvalue weighted by molar-refractivity contribution is -0.384. The molecule has 2 rings (SSSR count). The summed E-state index contributed by atoms with van der Waals surface area (Å²) in [6, 6.07) is 0. The molecular formula is C11H15N7O3. The zero-order valence-corrected chi connectivity index (χ0v) is 11.6. The lowest BCUT2D eigenvalue weighted by Gasteiger charge is -2.03. The van der Waals surface area contributed by atoms with Gasteiger partial charge < -0.3 is 15.6 Å². The average Bonchev–Trinajstić information content (AvgIpc) is 2.87. The standard InChI is InChI=1S/C11H15N7O3/c1-6(2)10-15-8(21-17-10)3-4-13-11-14-5-7(18(19)20)9(12)16-11/h5-6H,3-4H2,1-2H3,(H3,12,13,14,16). The number of nitro groups is 1. The summed E-state index contributed by atoms with van der Waals surface area (Å²) < 4.78 is 5.08. The third kappa shape index (κ3) is 3.61. The van der Waals surface area contributed by atoms with Crippen molar-refractivity contribution in [2.45, 2.75) is 26.2 Å². The number of anilines is 2. The monoisotopic (exact) mass is 293 g/mol. The van der Waals surface area contributed by atoms with Crippen LogP contribution < -0.4 is 11.1 Å². The minimum Gasteiger partial charge on any atom is -0.378 e. The van der Waals surface area contributed by atoms with Crippen molar-refractivity contribution in [3.05, 3.63) is 28.0 Å². The summed E-state index contributed by atoms with van der Waals surface area (Å²) in [5, 5.41) is 17.3. The largest absolute Gasteiger partial charge is 0.378 e. The predicted octanol–water partition coefficient (Wildman–Crippen LogP) is 1.13. The van der Waals surface area contributed by atoms with Crippen LogP contribution in [0.2, 0.25) is 0 Å². The van der Waals surface area contributed by atoms with Crippen LogP contribution in [0.5, 0.6) is 0 Å². The van der Waals surface area contributed by atoms with Crippen molar-refractivity contribution in [3.8, 4) is 0 Å². The summed E-state index contributed by atoms with van der Waals surface area (Å²) in [5.74, 6) is 1.38. The Balaban J connectivity index is 1.91. The van der Waals surface area contributed by atoms with E-state index in [1.165, 1.54) is 0 Å². The molecule has 2 heterocycles. The van der Waals surface area contributed by atoms with Crippen LogP contribution in [0.4, 0.5) is 17.5 Å². The molecule has 2 aromatic rings. The van der Waals surface area contributed by atoms with Gasteiger partial charge in [-0.2, -0.15) is 9.97 Å². The molecule has 0 fully saturated rings. The fraction of sp³-hybridized carbons (Fsp3) is 0.455. The molecule has 0 atom stereocenters. The first-order chi connectivity index (χ1) is 9.97. The minimum atomic E-state index is -0.634. The molecule has 3 N–H and O–H groups in total. The highest BCUT2D eigenvalue weighted by Crippen LogP contribution is 2.18. The van der Waals surface area contributed by atoms with Gasteiger partial charge in [-0.05, 0) is 0 Å². The van der Waals surface area contributed by atoms with Gasteiger partial charge in [0.25, 0.3) is 0 Å². The molecule has 112 valence electrons. The third-order valence-electron chi connectivity index (χ3n) is 2.62. The van der Waals surface area contributed by atoms with Crippen molar-refractivity contribution in [1.29, 1.82) is 0 Å². The van der Waals surface area contributed by atoms with Gasteiger partial charge in [-0.1, -0.05) is 19.0 Å². The molecule has 0 saturated carbocycles. The predicted molar refractivity (Wildman–Crippen MR) is 73.7 cm³/mol. The van der Waals surface area contributed by atoms with Gasteiger partial charge in [-0.3, -0.25) is 10.1 Å². The number of nitrogens with two attached hydrogens (primary N) is 1. The molecule has 10 nitrogen and oxygen atoms in total. The SMILES string of the molecule is CC(C)c1noc(CCNc2ncc([N+](=O)[O-])c(N)n2)n1. The van der Waals surface area contributed by atoms with E-state index in [1.54, 1.807) is 0 Å². The Kier molecular flexibility index (Phi) is 4.26. The summed E-state index contributed by atoms with van der Waals surface area (Å²) in [6.45, 7) is 4.39. The molecule has 0 unspecified atom stereocenters. The molecule has 0 amide bonds. The maximum absolute atomic E-state index is 10.6. The van der Waals surface area contributed by atoms with E-state index in [0.717, 1.165) is 6.20 Å². The van der Waals surface area contributed by atoms with Gasteiger partial charge in [0, 0.05) is 18.9 Å². The van der Waals surface area contributed by atoms with Gasteiger partial charge in [0.1, 0.15) is 6.20 Å². The molecule has 0 radical (unpaired) electrons. The number of hydrogen-bond donors (Lipinski definition) is 2. The highest BCUT2D eigenvalue weighted by molar-refractivity contribution is 5.53. The number of rotatable bonds is 6. The van der Waals surface area contributed by atoms with Gasteiger partial charge in [-0.15, -0.1) is 0 Å². The molecule has 21 heavy (non-hydrogen) atoms. The van der Waals surface area contributed by atoms with Crippen molar-refractivity contribution in [3.63, 3.8) is 0 Å². The number of aromatic nitrogens is 4. The number of nitrogen functional groups attached to an aromatic ring is 1. The van der Waals surface area contributed by atoms with Crippen molar-refractivity contribution in [2.75, 3.05) is 17.6 Å². The second kappa shape index (κ2) is 6.11. The summed E-state index contributed by atoms with van der Waals surface area (Å²) in [4.78, 5) is 21.8. The van der Waals surface area contributed by atoms with E-state index in [1.807, 2.05) is 13.8 Å². The van der Waals surface area contributed by atoms with E-state index < -0.39 is 4.92 Å². The Morgan fingerprint density at radius 1 is 1.48 bits per heavy atom. The van der Waals surface area contributed by atoms with Crippen molar-refractivity contribution in [2.24, 2.45) is 0 Å². The number of nitrogens with one attached hydrogen (secondary N) is 1. The lowest BCUT2D eigenvalue weighted by atomic mass is 10.2. The molecule has 0 bridgehead atoms. The fourth-order valence-corrected chi connectivity index (χ4v) is 1.50. The van der Waals surface area contributed by atoms with Crippen LogP contribution in [0.15, 0.2) is 10.7 Å². The first-order valence-corrected chi connectivity index (χ1v) is 6.30. The molecule has 0 saturated heterocycles. The molecule has 0 aliphatic carbocycles. The highest BCUT2D eigenvalue weighted by atomic mass is 16.6. The number of hydrogen-bond acceptors (Lipinski definition) is 9. The second-order valence-electron chi connectivity index (χ2n) is 4.60. The summed E-state index contributed by atoms with van der Waals surface area (Å²) in [5.41, 5.74) is 5.15. The molecule has 10 heteroatoms. The zero-order chi connectivity index (χ0) is 15.4. The minimum absolute atomic E-state index is 0.183. The van der Waals surface area contributed by atoms with E-state index in [0.29, 0.717) is 24.7 Å². The topological polar surface area (TPSA) is 146 Å². The Morgan fingerprint density at radius 3 is 2.81 bits per heavy atom. The Morgan fingerprint density at radius 2 is 2.24 bits per heavy atom. The van der Waals surface area contributed by atoms with Crippen molar-refractivity contribution >= 4 is 17.5 Å². The lowest BCUT2D eigenvalue weighted by Crippen LogP contribution is -2.10. The first-order valence-electron chi connectivity index (χ1n) is 6.30. The Labute approximate surface area is 119 Å². The number of nitrogens with zero attached hydrogens (tertiary/aromatic N) is 5. The van der Waals surface area contributed by atoms with Gasteiger partial charge >= 0.3 is 5.69 Å². The van der Waals surface area contributed by atoms with E-state index in [9.17, 15) is 10.1 Å². The molecular weight excluding hydrogens is 278 g/mol. The van der Waals surface area contributed by atoms with Crippen LogP contribution in [0.1, 0.15) is 31.5 Å².